The van der Waals surface area contributed by atoms with Gasteiger partial charge in [0.05, 0.1) is 5.56 Å². The van der Waals surface area contributed by atoms with Crippen molar-refractivity contribution >= 4 is 23.4 Å². The summed E-state index contributed by atoms with van der Waals surface area (Å²) in [5.41, 5.74) is -0.146. The van der Waals surface area contributed by atoms with Crippen LogP contribution in [0.1, 0.15) is 38.2 Å². The lowest BCUT2D eigenvalue weighted by Crippen LogP contribution is -2.39. The monoisotopic (exact) mass is 288 g/mol. The summed E-state index contributed by atoms with van der Waals surface area (Å²) < 4.78 is 1.30. The van der Waals surface area contributed by atoms with Gasteiger partial charge in [-0.2, -0.15) is 11.8 Å². The molecule has 4 nitrogen and oxygen atoms in total. The molecule has 0 saturated carbocycles. The van der Waals surface area contributed by atoms with E-state index in [1.54, 1.807) is 0 Å². The van der Waals surface area contributed by atoms with Gasteiger partial charge in [-0.05, 0) is 24.5 Å². The number of halogens is 1. The molecular weight excluding hydrogens is 272 g/mol. The highest BCUT2D eigenvalue weighted by Crippen LogP contribution is 2.27. The second-order valence-electron chi connectivity index (χ2n) is 4.86. The maximum absolute atomic E-state index is 12.3. The summed E-state index contributed by atoms with van der Waals surface area (Å²) in [6.07, 6.45) is 2.23. The van der Waals surface area contributed by atoms with E-state index < -0.39 is 5.69 Å². The molecule has 1 aromatic rings. The minimum absolute atomic E-state index is 0.00401. The van der Waals surface area contributed by atoms with Gasteiger partial charge in [-0.1, -0.05) is 25.4 Å². The third-order valence-corrected chi connectivity index (χ3v) is 4.84. The Morgan fingerprint density at radius 1 is 1.50 bits per heavy atom. The van der Waals surface area contributed by atoms with Gasteiger partial charge in [0.1, 0.15) is 5.15 Å². The molecule has 1 atom stereocenters. The largest absolute Gasteiger partial charge is 0.329 e. The standard InChI is InChI=1S/C12H17ClN2O2S/c1-7(2)9-10(13)14-12(17)15(11(9)16)6-8-4-3-5-18-8/h7-8H,3-6H2,1-2H3,(H,14,17). The molecule has 0 aliphatic carbocycles. The van der Waals surface area contributed by atoms with Crippen LogP contribution in [0.15, 0.2) is 9.59 Å². The van der Waals surface area contributed by atoms with Gasteiger partial charge in [0.2, 0.25) is 0 Å². The first kappa shape index (κ1) is 13.7. The highest BCUT2D eigenvalue weighted by molar-refractivity contribution is 8.00. The van der Waals surface area contributed by atoms with Gasteiger partial charge in [0.15, 0.2) is 0 Å². The molecule has 6 heteroatoms. The zero-order valence-electron chi connectivity index (χ0n) is 10.5. The lowest BCUT2D eigenvalue weighted by Gasteiger charge is -2.13. The first-order chi connectivity index (χ1) is 8.50. The molecule has 2 rings (SSSR count). The smallest absolute Gasteiger partial charge is 0.297 e. The molecule has 1 saturated heterocycles. The number of aromatic nitrogens is 2. The Balaban J connectivity index is 2.43. The molecule has 100 valence electrons. The van der Waals surface area contributed by atoms with E-state index in [0.29, 0.717) is 17.4 Å². The zero-order chi connectivity index (χ0) is 13.3. The summed E-state index contributed by atoms with van der Waals surface area (Å²) >= 11 is 7.77. The van der Waals surface area contributed by atoms with Crippen LogP contribution in [0.2, 0.25) is 5.15 Å². The van der Waals surface area contributed by atoms with Crippen LogP contribution in [0.4, 0.5) is 0 Å². The first-order valence-electron chi connectivity index (χ1n) is 6.14. The van der Waals surface area contributed by atoms with E-state index in [-0.39, 0.29) is 16.6 Å². The minimum Gasteiger partial charge on any atom is -0.297 e. The summed E-state index contributed by atoms with van der Waals surface area (Å²) in [5, 5.41) is 0.542. The van der Waals surface area contributed by atoms with Crippen molar-refractivity contribution in [2.24, 2.45) is 0 Å². The van der Waals surface area contributed by atoms with E-state index in [1.165, 1.54) is 4.57 Å². The van der Waals surface area contributed by atoms with Gasteiger partial charge in [-0.25, -0.2) is 4.79 Å². The van der Waals surface area contributed by atoms with E-state index in [2.05, 4.69) is 4.98 Å². The van der Waals surface area contributed by atoms with E-state index in [0.717, 1.165) is 18.6 Å². The number of aromatic amines is 1. The average Bonchev–Trinajstić information content (AvgIpc) is 2.75. The van der Waals surface area contributed by atoms with Crippen molar-refractivity contribution in [3.63, 3.8) is 0 Å². The Labute approximate surface area is 115 Å². The van der Waals surface area contributed by atoms with Crippen LogP contribution < -0.4 is 11.2 Å². The molecule has 1 N–H and O–H groups in total. The number of nitrogens with zero attached hydrogens (tertiary/aromatic N) is 1. The molecule has 1 unspecified atom stereocenters. The number of rotatable bonds is 3. The van der Waals surface area contributed by atoms with Crippen molar-refractivity contribution in [2.45, 2.75) is 44.4 Å². The number of hydrogen-bond acceptors (Lipinski definition) is 3. The maximum atomic E-state index is 12.3. The van der Waals surface area contributed by atoms with Crippen LogP contribution >= 0.6 is 23.4 Å². The van der Waals surface area contributed by atoms with Crippen molar-refractivity contribution in [1.29, 1.82) is 0 Å². The summed E-state index contributed by atoms with van der Waals surface area (Å²) in [4.78, 5) is 26.7. The Kier molecular flexibility index (Phi) is 4.22. The van der Waals surface area contributed by atoms with Gasteiger partial charge < -0.3 is 0 Å². The highest BCUT2D eigenvalue weighted by Gasteiger charge is 2.21. The molecule has 0 aromatic carbocycles. The van der Waals surface area contributed by atoms with Gasteiger partial charge in [0, 0.05) is 11.8 Å². The summed E-state index contributed by atoms with van der Waals surface area (Å²) in [6.45, 7) is 4.28. The fourth-order valence-electron chi connectivity index (χ4n) is 2.22. The number of hydrogen-bond donors (Lipinski definition) is 1. The summed E-state index contributed by atoms with van der Waals surface area (Å²) in [6, 6.07) is 0. The first-order valence-corrected chi connectivity index (χ1v) is 7.57. The van der Waals surface area contributed by atoms with Gasteiger partial charge in [0.25, 0.3) is 5.56 Å². The lowest BCUT2D eigenvalue weighted by atomic mass is 10.1. The van der Waals surface area contributed by atoms with Gasteiger partial charge in [-0.15, -0.1) is 0 Å². The number of thioether (sulfide) groups is 1. The predicted molar refractivity (Wildman–Crippen MR) is 75.9 cm³/mol. The molecule has 2 heterocycles. The van der Waals surface area contributed by atoms with E-state index >= 15 is 0 Å². The zero-order valence-corrected chi connectivity index (χ0v) is 12.1. The van der Waals surface area contributed by atoms with Crippen LogP contribution in [-0.2, 0) is 6.54 Å². The number of nitrogens with one attached hydrogen (secondary N) is 1. The molecule has 0 radical (unpaired) electrons. The molecule has 0 amide bonds. The van der Waals surface area contributed by atoms with E-state index in [1.807, 2.05) is 25.6 Å². The van der Waals surface area contributed by atoms with Crippen LogP contribution in [0.3, 0.4) is 0 Å². The molecule has 0 spiro atoms. The molecule has 0 bridgehead atoms. The Morgan fingerprint density at radius 3 is 2.78 bits per heavy atom. The Bertz CT molecular complexity index is 544. The van der Waals surface area contributed by atoms with Crippen LogP contribution in [0.5, 0.6) is 0 Å². The quantitative estimate of drug-likeness (QED) is 0.868. The van der Waals surface area contributed by atoms with E-state index in [9.17, 15) is 9.59 Å². The summed E-state index contributed by atoms with van der Waals surface area (Å²) in [5.74, 6) is 1.12. The third-order valence-electron chi connectivity index (χ3n) is 3.16. The maximum Gasteiger partial charge on any atom is 0.329 e. The number of H-pyrrole nitrogens is 1. The van der Waals surface area contributed by atoms with Crippen molar-refractivity contribution in [1.82, 2.24) is 9.55 Å². The Morgan fingerprint density at radius 2 is 2.22 bits per heavy atom. The molecular formula is C12H17ClN2O2S. The molecule has 1 aliphatic heterocycles. The molecule has 18 heavy (non-hydrogen) atoms. The SMILES string of the molecule is CC(C)c1c(Cl)[nH]c(=O)n(CC2CCCS2)c1=O. The van der Waals surface area contributed by atoms with Gasteiger partial charge in [-0.3, -0.25) is 14.3 Å². The molecule has 1 aliphatic rings. The average molecular weight is 289 g/mol. The Hall–Kier alpha value is -0.680. The molecule has 1 fully saturated rings. The van der Waals surface area contributed by atoms with Gasteiger partial charge >= 0.3 is 5.69 Å². The van der Waals surface area contributed by atoms with Crippen LogP contribution in [0.25, 0.3) is 0 Å². The van der Waals surface area contributed by atoms with E-state index in [4.69, 9.17) is 11.6 Å². The van der Waals surface area contributed by atoms with Crippen molar-refractivity contribution in [3.05, 3.63) is 31.6 Å². The second-order valence-corrected chi connectivity index (χ2v) is 6.65. The van der Waals surface area contributed by atoms with Crippen LogP contribution in [-0.4, -0.2) is 20.6 Å². The molecule has 1 aromatic heterocycles. The second kappa shape index (κ2) is 5.53. The topological polar surface area (TPSA) is 54.9 Å². The highest BCUT2D eigenvalue weighted by atomic mass is 35.5. The van der Waals surface area contributed by atoms with Crippen molar-refractivity contribution in [3.8, 4) is 0 Å². The van der Waals surface area contributed by atoms with Crippen LogP contribution in [0, 0.1) is 0 Å². The summed E-state index contributed by atoms with van der Waals surface area (Å²) in [7, 11) is 0. The third kappa shape index (κ3) is 2.67. The fraction of sp³-hybridized carbons (Fsp3) is 0.667. The lowest BCUT2D eigenvalue weighted by molar-refractivity contribution is 0.580. The predicted octanol–water partition coefficient (Wildman–Crippen LogP) is 2.21. The fourth-order valence-corrected chi connectivity index (χ4v) is 3.85. The van der Waals surface area contributed by atoms with Crippen molar-refractivity contribution in [2.75, 3.05) is 5.75 Å². The minimum atomic E-state index is -0.401. The van der Waals surface area contributed by atoms with Crippen molar-refractivity contribution < 1.29 is 0 Å². The normalized spacial score (nSPS) is 19.7.